The van der Waals surface area contributed by atoms with Crippen LogP contribution in [0.15, 0.2) is 48.9 Å². The van der Waals surface area contributed by atoms with E-state index in [1.54, 1.807) is 13.0 Å². The molecule has 3 heterocycles. The Bertz CT molecular complexity index is 1300. The van der Waals surface area contributed by atoms with Crippen molar-refractivity contribution in [2.75, 3.05) is 17.7 Å². The Kier molecular flexibility index (Phi) is 5.10. The van der Waals surface area contributed by atoms with E-state index >= 15 is 0 Å². The van der Waals surface area contributed by atoms with Crippen molar-refractivity contribution >= 4 is 40.0 Å². The number of nitrogens with two attached hydrogens (primary N) is 1. The number of para-hydroxylation sites is 1. The summed E-state index contributed by atoms with van der Waals surface area (Å²) >= 11 is 0. The van der Waals surface area contributed by atoms with E-state index in [9.17, 15) is 14.9 Å². The van der Waals surface area contributed by atoms with Crippen LogP contribution < -0.4 is 11.1 Å². The van der Waals surface area contributed by atoms with E-state index in [-0.39, 0.29) is 29.6 Å². The van der Waals surface area contributed by atoms with E-state index in [1.807, 2.05) is 30.3 Å². The zero-order valence-electron chi connectivity index (χ0n) is 16.2. The predicted octanol–water partition coefficient (Wildman–Crippen LogP) is 2.62. The molecular formula is C19H16N8O4. The molecule has 0 aliphatic rings. The fourth-order valence-corrected chi connectivity index (χ4v) is 2.95. The molecule has 0 saturated heterocycles. The lowest BCUT2D eigenvalue weighted by molar-refractivity contribution is -0.383. The molecule has 0 fully saturated rings. The number of rotatable bonds is 6. The quantitative estimate of drug-likeness (QED) is 0.269. The van der Waals surface area contributed by atoms with Gasteiger partial charge in [-0.25, -0.2) is 19.7 Å². The van der Waals surface area contributed by atoms with Gasteiger partial charge in [0.2, 0.25) is 11.6 Å². The van der Waals surface area contributed by atoms with Crippen LogP contribution in [0.3, 0.4) is 0 Å². The second-order valence-electron chi connectivity index (χ2n) is 6.24. The first kappa shape index (κ1) is 19.7. The molecule has 0 bridgehead atoms. The summed E-state index contributed by atoms with van der Waals surface area (Å²) in [6.07, 6.45) is 2.36. The monoisotopic (exact) mass is 420 g/mol. The fraction of sp³-hybridized carbons (Fsp3) is 0.105. The summed E-state index contributed by atoms with van der Waals surface area (Å²) in [6, 6.07) is 11.0. The van der Waals surface area contributed by atoms with Crippen LogP contribution in [-0.2, 0) is 4.74 Å². The number of fused-ring (bicyclic) bond motifs is 1. The van der Waals surface area contributed by atoms with Gasteiger partial charge in [-0.1, -0.05) is 18.2 Å². The van der Waals surface area contributed by atoms with Crippen molar-refractivity contribution in [1.29, 1.82) is 0 Å². The van der Waals surface area contributed by atoms with Crippen molar-refractivity contribution in [3.05, 3.63) is 64.6 Å². The molecule has 4 rings (SSSR count). The number of nitrogen functional groups attached to an aromatic ring is 1. The lowest BCUT2D eigenvalue weighted by Crippen LogP contribution is -2.12. The molecule has 12 nitrogen and oxygen atoms in total. The van der Waals surface area contributed by atoms with Crippen molar-refractivity contribution in [3.8, 4) is 5.82 Å². The molecule has 0 radical (unpaired) electrons. The number of hydrogen-bond acceptors (Lipinski definition) is 10. The van der Waals surface area contributed by atoms with E-state index in [0.717, 1.165) is 11.7 Å². The van der Waals surface area contributed by atoms with Gasteiger partial charge in [0.15, 0.2) is 11.6 Å². The Labute approximate surface area is 174 Å². The molecule has 0 saturated carbocycles. The zero-order valence-corrected chi connectivity index (χ0v) is 16.2. The number of nitrogens with zero attached hydrogens (tertiary/aromatic N) is 6. The minimum atomic E-state index is -0.712. The molecule has 3 aromatic heterocycles. The molecule has 12 heteroatoms. The van der Waals surface area contributed by atoms with E-state index in [4.69, 9.17) is 10.5 Å². The van der Waals surface area contributed by atoms with Crippen molar-refractivity contribution in [2.24, 2.45) is 0 Å². The highest BCUT2D eigenvalue weighted by Gasteiger charge is 2.26. The fourth-order valence-electron chi connectivity index (χ4n) is 2.95. The highest BCUT2D eigenvalue weighted by atomic mass is 16.6. The molecule has 31 heavy (non-hydrogen) atoms. The van der Waals surface area contributed by atoms with Gasteiger partial charge < -0.3 is 15.8 Å². The van der Waals surface area contributed by atoms with Crippen LogP contribution >= 0.6 is 0 Å². The predicted molar refractivity (Wildman–Crippen MR) is 111 cm³/mol. The first-order chi connectivity index (χ1) is 15.0. The average molecular weight is 420 g/mol. The van der Waals surface area contributed by atoms with E-state index < -0.39 is 16.6 Å². The normalized spacial score (nSPS) is 10.7. The van der Waals surface area contributed by atoms with Crippen LogP contribution in [0.2, 0.25) is 0 Å². The Balaban J connectivity index is 1.87. The number of ether oxygens (including phenoxy) is 1. The number of benzene rings is 1. The van der Waals surface area contributed by atoms with Gasteiger partial charge in [-0.2, -0.15) is 9.78 Å². The largest absolute Gasteiger partial charge is 0.462 e. The number of carbonyl (C=O) groups is 1. The third kappa shape index (κ3) is 3.69. The van der Waals surface area contributed by atoms with Crippen LogP contribution in [0.5, 0.6) is 0 Å². The molecule has 0 aliphatic heterocycles. The number of hydrogen-bond donors (Lipinski definition) is 2. The van der Waals surface area contributed by atoms with Crippen molar-refractivity contribution in [2.45, 2.75) is 6.92 Å². The number of aromatic nitrogens is 5. The molecule has 0 amide bonds. The van der Waals surface area contributed by atoms with Crippen LogP contribution in [0.25, 0.3) is 16.7 Å². The molecule has 0 unspecified atom stereocenters. The van der Waals surface area contributed by atoms with E-state index in [0.29, 0.717) is 11.3 Å². The van der Waals surface area contributed by atoms with Gasteiger partial charge in [-0.15, -0.1) is 0 Å². The van der Waals surface area contributed by atoms with Gasteiger partial charge in [-0.05, 0) is 25.1 Å². The van der Waals surface area contributed by atoms with Crippen LogP contribution in [0.4, 0.5) is 23.1 Å². The molecule has 156 valence electrons. The number of esters is 1. The van der Waals surface area contributed by atoms with Gasteiger partial charge in [0.05, 0.1) is 23.2 Å². The first-order valence-corrected chi connectivity index (χ1v) is 9.12. The first-order valence-electron chi connectivity index (χ1n) is 9.12. The summed E-state index contributed by atoms with van der Waals surface area (Å²) in [6.45, 7) is 1.80. The maximum atomic E-state index is 12.5. The number of nitrogens with one attached hydrogen (secondary N) is 1. The summed E-state index contributed by atoms with van der Waals surface area (Å²) in [5, 5.41) is 19.4. The van der Waals surface area contributed by atoms with Crippen molar-refractivity contribution in [1.82, 2.24) is 24.7 Å². The van der Waals surface area contributed by atoms with Gasteiger partial charge in [0.1, 0.15) is 11.9 Å². The van der Waals surface area contributed by atoms with E-state index in [2.05, 4.69) is 25.4 Å². The standard InChI is InChI=1S/C19H16N8O4/c1-2-31-19(28)12-9-23-26(14-8-7-11-5-3-4-6-13(11)24-14)18(12)25-17-15(27(29)30)16(20)21-10-22-17/h3-10H,2H2,1H3,(H3,20,21,22,25). The summed E-state index contributed by atoms with van der Waals surface area (Å²) < 4.78 is 6.42. The minimum absolute atomic E-state index is 0.0447. The summed E-state index contributed by atoms with van der Waals surface area (Å²) in [7, 11) is 0. The van der Waals surface area contributed by atoms with Gasteiger partial charge in [0.25, 0.3) is 0 Å². The highest BCUT2D eigenvalue weighted by Crippen LogP contribution is 2.31. The second kappa shape index (κ2) is 8.02. The van der Waals surface area contributed by atoms with Crippen LogP contribution in [-0.4, -0.2) is 42.2 Å². The Hall–Kier alpha value is -4.61. The third-order valence-electron chi connectivity index (χ3n) is 4.34. The summed E-state index contributed by atoms with van der Waals surface area (Å²) in [5.74, 6) is -0.730. The molecule has 3 N–H and O–H groups in total. The Morgan fingerprint density at radius 3 is 2.84 bits per heavy atom. The number of carbonyl (C=O) groups excluding carboxylic acids is 1. The highest BCUT2D eigenvalue weighted by molar-refractivity contribution is 5.96. The average Bonchev–Trinajstić information content (AvgIpc) is 3.17. The lowest BCUT2D eigenvalue weighted by Gasteiger charge is -2.12. The Morgan fingerprint density at radius 1 is 1.26 bits per heavy atom. The Morgan fingerprint density at radius 2 is 2.06 bits per heavy atom. The summed E-state index contributed by atoms with van der Waals surface area (Å²) in [4.78, 5) is 35.4. The molecule has 0 spiro atoms. The number of pyridine rings is 1. The number of nitro groups is 1. The van der Waals surface area contributed by atoms with Gasteiger partial charge in [0, 0.05) is 5.39 Å². The van der Waals surface area contributed by atoms with Crippen LogP contribution in [0.1, 0.15) is 17.3 Å². The molecular weight excluding hydrogens is 404 g/mol. The maximum Gasteiger partial charge on any atom is 0.353 e. The molecule has 0 aliphatic carbocycles. The maximum absolute atomic E-state index is 12.5. The smallest absolute Gasteiger partial charge is 0.353 e. The van der Waals surface area contributed by atoms with E-state index in [1.165, 1.54) is 10.9 Å². The zero-order chi connectivity index (χ0) is 22.0. The SMILES string of the molecule is CCOC(=O)c1cnn(-c2ccc3ccccc3n2)c1Nc1ncnc(N)c1[N+](=O)[O-]. The molecule has 1 aromatic carbocycles. The van der Waals surface area contributed by atoms with Crippen LogP contribution in [0, 0.1) is 10.1 Å². The minimum Gasteiger partial charge on any atom is -0.462 e. The van der Waals surface area contributed by atoms with Crippen molar-refractivity contribution in [3.63, 3.8) is 0 Å². The van der Waals surface area contributed by atoms with Gasteiger partial charge >= 0.3 is 11.7 Å². The summed E-state index contributed by atoms with van der Waals surface area (Å²) in [5.41, 5.74) is 5.87. The van der Waals surface area contributed by atoms with Gasteiger partial charge in [-0.3, -0.25) is 10.1 Å². The lowest BCUT2D eigenvalue weighted by atomic mass is 10.2. The second-order valence-corrected chi connectivity index (χ2v) is 6.24. The molecule has 4 aromatic rings. The molecule has 0 atom stereocenters. The number of anilines is 3. The van der Waals surface area contributed by atoms with Crippen molar-refractivity contribution < 1.29 is 14.5 Å². The third-order valence-corrected chi connectivity index (χ3v) is 4.34. The topological polar surface area (TPSA) is 164 Å².